The number of benzene rings is 1. The second-order valence-electron chi connectivity index (χ2n) is 5.74. The lowest BCUT2D eigenvalue weighted by molar-refractivity contribution is 0.0944. The number of carbonyl (C=O) groups excluding carboxylic acids is 1. The van der Waals surface area contributed by atoms with Crippen LogP contribution in [0.5, 0.6) is 11.5 Å². The van der Waals surface area contributed by atoms with Gasteiger partial charge in [0.05, 0.1) is 0 Å². The molecule has 1 aliphatic heterocycles. The van der Waals surface area contributed by atoms with Gasteiger partial charge in [0.1, 0.15) is 11.5 Å². The van der Waals surface area contributed by atoms with Crippen molar-refractivity contribution in [3.63, 3.8) is 0 Å². The van der Waals surface area contributed by atoms with Crippen LogP contribution >= 0.6 is 24.8 Å². The third-order valence-electron chi connectivity index (χ3n) is 3.93. The number of aromatic nitrogens is 1. The molecule has 5 nitrogen and oxygen atoms in total. The number of pyridine rings is 1. The number of halogens is 2. The largest absolute Gasteiger partial charge is 0.457 e. The van der Waals surface area contributed by atoms with Crippen molar-refractivity contribution in [3.8, 4) is 11.5 Å². The van der Waals surface area contributed by atoms with E-state index >= 15 is 0 Å². The van der Waals surface area contributed by atoms with Crippen molar-refractivity contribution in [2.75, 3.05) is 19.6 Å². The highest BCUT2D eigenvalue weighted by molar-refractivity contribution is 5.94. The zero-order valence-electron chi connectivity index (χ0n) is 13.8. The topological polar surface area (TPSA) is 63.2 Å². The Balaban J connectivity index is 0.00000156. The average Bonchev–Trinajstić information content (AvgIpc) is 2.62. The number of nitrogens with zero attached hydrogens (tertiary/aromatic N) is 1. The summed E-state index contributed by atoms with van der Waals surface area (Å²) in [6.07, 6.45) is 5.68. The standard InChI is InChI=1S/C18H21N3O2.2ClH/c22-18(21-13-14-3-2-8-20-12-14)15-4-1-5-17(11-15)23-16-6-9-19-10-7-16;;/h1,4-7,9-11,14,20H,2-3,8,12-13H2,(H,21,22);2*1H. The Hall–Kier alpha value is -1.82. The first kappa shape index (κ1) is 21.2. The molecule has 2 aromatic rings. The molecule has 1 aliphatic rings. The Morgan fingerprint density at radius 2 is 2.00 bits per heavy atom. The number of amides is 1. The predicted molar refractivity (Wildman–Crippen MR) is 103 cm³/mol. The second kappa shape index (κ2) is 10.9. The molecular formula is C18H23Cl2N3O2. The van der Waals surface area contributed by atoms with E-state index in [1.54, 1.807) is 36.7 Å². The molecule has 1 saturated heterocycles. The highest BCUT2D eigenvalue weighted by atomic mass is 35.5. The smallest absolute Gasteiger partial charge is 0.251 e. The molecule has 136 valence electrons. The van der Waals surface area contributed by atoms with Crippen LogP contribution in [0.3, 0.4) is 0 Å². The Morgan fingerprint density at radius 3 is 2.72 bits per heavy atom. The quantitative estimate of drug-likeness (QED) is 0.829. The SMILES string of the molecule is Cl.Cl.O=C(NCC1CCCNC1)c1cccc(Oc2ccncc2)c1. The highest BCUT2D eigenvalue weighted by Crippen LogP contribution is 2.21. The molecule has 3 rings (SSSR count). The Kier molecular flexibility index (Phi) is 9.27. The minimum Gasteiger partial charge on any atom is -0.457 e. The normalized spacial score (nSPS) is 16.1. The third kappa shape index (κ3) is 6.53. The fraction of sp³-hybridized carbons (Fsp3) is 0.333. The van der Waals surface area contributed by atoms with Gasteiger partial charge in [-0.2, -0.15) is 0 Å². The third-order valence-corrected chi connectivity index (χ3v) is 3.93. The van der Waals surface area contributed by atoms with E-state index in [9.17, 15) is 4.79 Å². The van der Waals surface area contributed by atoms with Gasteiger partial charge >= 0.3 is 0 Å². The van der Waals surface area contributed by atoms with E-state index in [2.05, 4.69) is 15.6 Å². The molecule has 2 heterocycles. The highest BCUT2D eigenvalue weighted by Gasteiger charge is 2.14. The van der Waals surface area contributed by atoms with Crippen molar-refractivity contribution in [3.05, 3.63) is 54.4 Å². The summed E-state index contributed by atoms with van der Waals surface area (Å²) in [5.41, 5.74) is 0.611. The van der Waals surface area contributed by atoms with E-state index in [0.717, 1.165) is 13.1 Å². The summed E-state index contributed by atoms with van der Waals surface area (Å²) in [4.78, 5) is 16.2. The van der Waals surface area contributed by atoms with Crippen LogP contribution in [0.1, 0.15) is 23.2 Å². The minimum absolute atomic E-state index is 0. The maximum atomic E-state index is 12.3. The molecule has 0 saturated carbocycles. The first-order valence-electron chi connectivity index (χ1n) is 7.98. The number of nitrogens with one attached hydrogen (secondary N) is 2. The summed E-state index contributed by atoms with van der Waals surface area (Å²) < 4.78 is 5.73. The van der Waals surface area contributed by atoms with Gasteiger partial charge in [-0.1, -0.05) is 6.07 Å². The Morgan fingerprint density at radius 1 is 1.20 bits per heavy atom. The van der Waals surface area contributed by atoms with Crippen molar-refractivity contribution >= 4 is 30.7 Å². The lowest BCUT2D eigenvalue weighted by Gasteiger charge is -2.22. The molecule has 7 heteroatoms. The van der Waals surface area contributed by atoms with Crippen LogP contribution in [-0.4, -0.2) is 30.5 Å². The van der Waals surface area contributed by atoms with E-state index in [-0.39, 0.29) is 30.7 Å². The van der Waals surface area contributed by atoms with Crippen molar-refractivity contribution in [1.82, 2.24) is 15.6 Å². The summed E-state index contributed by atoms with van der Waals surface area (Å²) >= 11 is 0. The molecular weight excluding hydrogens is 361 g/mol. The molecule has 1 atom stereocenters. The fourth-order valence-electron chi connectivity index (χ4n) is 2.68. The summed E-state index contributed by atoms with van der Waals surface area (Å²) in [6, 6.07) is 10.8. The van der Waals surface area contributed by atoms with Crippen LogP contribution in [0.25, 0.3) is 0 Å². The molecule has 1 aromatic carbocycles. The van der Waals surface area contributed by atoms with Gasteiger partial charge in [-0.15, -0.1) is 24.8 Å². The summed E-state index contributed by atoms with van der Waals surface area (Å²) in [6.45, 7) is 2.77. The van der Waals surface area contributed by atoms with Crippen LogP contribution in [0.15, 0.2) is 48.8 Å². The van der Waals surface area contributed by atoms with Gasteiger partial charge in [-0.25, -0.2) is 0 Å². The van der Waals surface area contributed by atoms with Crippen molar-refractivity contribution in [2.24, 2.45) is 5.92 Å². The minimum atomic E-state index is -0.0595. The molecule has 0 spiro atoms. The van der Waals surface area contributed by atoms with Crippen molar-refractivity contribution in [2.45, 2.75) is 12.8 Å². The number of hydrogen-bond acceptors (Lipinski definition) is 4. The van der Waals surface area contributed by atoms with E-state index in [4.69, 9.17) is 4.74 Å². The number of piperidine rings is 1. The van der Waals surface area contributed by atoms with Gasteiger partial charge in [0.25, 0.3) is 5.91 Å². The zero-order valence-corrected chi connectivity index (χ0v) is 15.4. The summed E-state index contributed by atoms with van der Waals surface area (Å²) in [5, 5.41) is 6.37. The molecule has 1 unspecified atom stereocenters. The van der Waals surface area contributed by atoms with Crippen molar-refractivity contribution < 1.29 is 9.53 Å². The average molecular weight is 384 g/mol. The molecule has 0 radical (unpaired) electrons. The summed E-state index contributed by atoms with van der Waals surface area (Å²) in [5.74, 6) is 1.80. The Labute approximate surface area is 160 Å². The van der Waals surface area contributed by atoms with E-state index in [1.165, 1.54) is 12.8 Å². The molecule has 1 fully saturated rings. The molecule has 2 N–H and O–H groups in total. The maximum absolute atomic E-state index is 12.3. The van der Waals surface area contributed by atoms with Gasteiger partial charge < -0.3 is 15.4 Å². The molecule has 25 heavy (non-hydrogen) atoms. The molecule has 0 bridgehead atoms. The van der Waals surface area contributed by atoms with Crippen molar-refractivity contribution in [1.29, 1.82) is 0 Å². The van der Waals surface area contributed by atoms with Gasteiger partial charge in [0, 0.05) is 24.5 Å². The van der Waals surface area contributed by atoms with Gasteiger partial charge in [-0.3, -0.25) is 9.78 Å². The van der Waals surface area contributed by atoms with E-state index in [1.807, 2.05) is 12.1 Å². The molecule has 0 aliphatic carbocycles. The van der Waals surface area contributed by atoms with Gasteiger partial charge in [0.2, 0.25) is 0 Å². The first-order chi connectivity index (χ1) is 11.3. The van der Waals surface area contributed by atoms with Gasteiger partial charge in [-0.05, 0) is 62.2 Å². The monoisotopic (exact) mass is 383 g/mol. The lowest BCUT2D eigenvalue weighted by atomic mass is 9.99. The van der Waals surface area contributed by atoms with Crippen LogP contribution in [0.4, 0.5) is 0 Å². The number of ether oxygens (including phenoxy) is 1. The number of rotatable bonds is 5. The maximum Gasteiger partial charge on any atom is 0.251 e. The van der Waals surface area contributed by atoms with Crippen LogP contribution in [0, 0.1) is 5.92 Å². The first-order valence-corrected chi connectivity index (χ1v) is 7.98. The zero-order chi connectivity index (χ0) is 15.9. The molecule has 1 aromatic heterocycles. The lowest BCUT2D eigenvalue weighted by Crippen LogP contribution is -2.38. The predicted octanol–water partition coefficient (Wildman–Crippen LogP) is 3.45. The van der Waals surface area contributed by atoms with Gasteiger partial charge in [0.15, 0.2) is 0 Å². The fourth-order valence-corrected chi connectivity index (χ4v) is 2.68. The van der Waals surface area contributed by atoms with Crippen LogP contribution in [0.2, 0.25) is 0 Å². The Bertz CT molecular complexity index is 650. The second-order valence-corrected chi connectivity index (χ2v) is 5.74. The molecule has 1 amide bonds. The summed E-state index contributed by atoms with van der Waals surface area (Å²) in [7, 11) is 0. The van der Waals surface area contributed by atoms with E-state index in [0.29, 0.717) is 29.5 Å². The number of hydrogen-bond donors (Lipinski definition) is 2. The van der Waals surface area contributed by atoms with Crippen LogP contribution in [-0.2, 0) is 0 Å². The van der Waals surface area contributed by atoms with Crippen LogP contribution < -0.4 is 15.4 Å². The number of carbonyl (C=O) groups is 1. The van der Waals surface area contributed by atoms with E-state index < -0.39 is 0 Å².